The van der Waals surface area contributed by atoms with E-state index in [1.165, 1.54) is 19.3 Å². The summed E-state index contributed by atoms with van der Waals surface area (Å²) < 4.78 is 12.9. The average molecular weight is 416 g/mol. The molecule has 0 radical (unpaired) electrons. The lowest BCUT2D eigenvalue weighted by Crippen LogP contribution is -2.65. The molecule has 0 unspecified atom stereocenters. The number of fused-ring (bicyclic) bond motifs is 3. The Morgan fingerprint density at radius 2 is 1.93 bits per heavy atom. The van der Waals surface area contributed by atoms with Crippen molar-refractivity contribution in [1.29, 1.82) is 0 Å². The second-order valence-electron chi connectivity index (χ2n) is 8.96. The highest BCUT2D eigenvalue weighted by Gasteiger charge is 2.48. The van der Waals surface area contributed by atoms with Gasteiger partial charge in [0.25, 0.3) is 5.91 Å². The van der Waals surface area contributed by atoms with Gasteiger partial charge in [-0.1, -0.05) is 32.1 Å². The minimum absolute atomic E-state index is 0.0785. The maximum absolute atomic E-state index is 13.6. The maximum Gasteiger partial charge on any atom is 0.271 e. The van der Waals surface area contributed by atoms with Crippen molar-refractivity contribution in [3.8, 4) is 0 Å². The zero-order valence-corrected chi connectivity index (χ0v) is 18.3. The lowest BCUT2D eigenvalue weighted by Gasteiger charge is -2.44. The number of methoxy groups -OCH3 is 1. The molecule has 1 aliphatic carbocycles. The fourth-order valence-corrected chi connectivity index (χ4v) is 4.93. The molecule has 4 rings (SSSR count). The first kappa shape index (κ1) is 21.0. The summed E-state index contributed by atoms with van der Waals surface area (Å²) in [6.07, 6.45) is 8.05. The summed E-state index contributed by atoms with van der Waals surface area (Å²) in [5.41, 5.74) is 1.14. The molecule has 164 valence electrons. The Labute approximate surface area is 177 Å². The fourth-order valence-electron chi connectivity index (χ4n) is 4.93. The average Bonchev–Trinajstić information content (AvgIpc) is 3.20. The molecular formula is C23H33N3O4. The number of aromatic nitrogens is 1. The Kier molecular flexibility index (Phi) is 5.91. The third-order valence-corrected chi connectivity index (χ3v) is 6.69. The van der Waals surface area contributed by atoms with Crippen LogP contribution in [0.2, 0.25) is 0 Å². The lowest BCUT2D eigenvalue weighted by atomic mass is 9.92. The smallest absolute Gasteiger partial charge is 0.271 e. The van der Waals surface area contributed by atoms with Gasteiger partial charge in [0.05, 0.1) is 18.7 Å². The number of aryl methyl sites for hydroxylation is 1. The van der Waals surface area contributed by atoms with Crippen molar-refractivity contribution in [1.82, 2.24) is 14.8 Å². The Bertz CT molecular complexity index is 922. The monoisotopic (exact) mass is 415 g/mol. The van der Waals surface area contributed by atoms with E-state index in [2.05, 4.69) is 5.32 Å². The van der Waals surface area contributed by atoms with Crippen LogP contribution in [-0.2, 0) is 16.1 Å². The predicted octanol–water partition coefficient (Wildman–Crippen LogP) is 3.63. The summed E-state index contributed by atoms with van der Waals surface area (Å²) in [5.74, 6) is 0.563. The van der Waals surface area contributed by atoms with Gasteiger partial charge in [0.2, 0.25) is 5.91 Å². The van der Waals surface area contributed by atoms with Crippen molar-refractivity contribution in [3.05, 3.63) is 23.6 Å². The molecule has 7 nitrogen and oxygen atoms in total. The van der Waals surface area contributed by atoms with E-state index in [0.717, 1.165) is 37.0 Å². The zero-order valence-electron chi connectivity index (χ0n) is 18.3. The summed E-state index contributed by atoms with van der Waals surface area (Å²) in [6.45, 7) is 4.92. The Balaban J connectivity index is 1.65. The van der Waals surface area contributed by atoms with E-state index in [1.807, 2.05) is 24.5 Å². The molecule has 7 heteroatoms. The molecule has 1 fully saturated rings. The van der Waals surface area contributed by atoms with Crippen molar-refractivity contribution < 1.29 is 18.7 Å². The molecule has 2 aromatic rings. The van der Waals surface area contributed by atoms with Crippen LogP contribution in [0.5, 0.6) is 0 Å². The van der Waals surface area contributed by atoms with E-state index in [4.69, 9.17) is 9.15 Å². The molecule has 0 aromatic carbocycles. The third kappa shape index (κ3) is 3.75. The van der Waals surface area contributed by atoms with Crippen LogP contribution < -0.4 is 5.32 Å². The predicted molar refractivity (Wildman–Crippen MR) is 115 cm³/mol. The molecule has 0 spiro atoms. The first-order chi connectivity index (χ1) is 14.4. The summed E-state index contributed by atoms with van der Waals surface area (Å²) in [6, 6.07) is 3.90. The minimum atomic E-state index is -0.984. The number of ether oxygens (including phenoxy) is 1. The Morgan fingerprint density at radius 1 is 1.23 bits per heavy atom. The fraction of sp³-hybridized carbons (Fsp3) is 0.652. The highest BCUT2D eigenvalue weighted by atomic mass is 16.5. The van der Waals surface area contributed by atoms with Gasteiger partial charge in [-0.2, -0.15) is 0 Å². The number of nitrogens with one attached hydrogen (secondary N) is 1. The number of carbonyl (C=O) groups excluding carboxylic acids is 2. The summed E-state index contributed by atoms with van der Waals surface area (Å²) in [7, 11) is 1.61. The van der Waals surface area contributed by atoms with Gasteiger partial charge in [-0.3, -0.25) is 9.59 Å². The summed E-state index contributed by atoms with van der Waals surface area (Å²) in [5, 5.41) is 3.29. The minimum Gasteiger partial charge on any atom is -0.460 e. The van der Waals surface area contributed by atoms with E-state index >= 15 is 0 Å². The number of amides is 2. The van der Waals surface area contributed by atoms with Gasteiger partial charge in [0.15, 0.2) is 5.58 Å². The molecule has 0 bridgehead atoms. The van der Waals surface area contributed by atoms with E-state index in [0.29, 0.717) is 31.0 Å². The highest BCUT2D eigenvalue weighted by Crippen LogP contribution is 2.33. The first-order valence-corrected chi connectivity index (χ1v) is 11.2. The molecule has 3 heterocycles. The number of nitrogens with zero attached hydrogens (tertiary/aromatic N) is 2. The molecule has 2 amide bonds. The zero-order chi connectivity index (χ0) is 21.3. The first-order valence-electron chi connectivity index (χ1n) is 11.2. The molecule has 2 aromatic heterocycles. The van der Waals surface area contributed by atoms with Gasteiger partial charge >= 0.3 is 0 Å². The molecule has 1 aliphatic heterocycles. The molecule has 2 aliphatic rings. The second-order valence-corrected chi connectivity index (χ2v) is 8.96. The highest BCUT2D eigenvalue weighted by molar-refractivity contribution is 6.03. The summed E-state index contributed by atoms with van der Waals surface area (Å²) >= 11 is 0. The van der Waals surface area contributed by atoms with Gasteiger partial charge < -0.3 is 23.9 Å². The normalized spacial score (nSPS) is 23.3. The van der Waals surface area contributed by atoms with Crippen molar-refractivity contribution in [2.24, 2.45) is 0 Å². The molecule has 1 atom stereocenters. The molecule has 1 saturated carbocycles. The van der Waals surface area contributed by atoms with Crippen LogP contribution in [0.25, 0.3) is 11.1 Å². The van der Waals surface area contributed by atoms with Crippen LogP contribution in [0.1, 0.15) is 68.1 Å². The number of carbonyl (C=O) groups is 2. The van der Waals surface area contributed by atoms with Crippen LogP contribution in [0.4, 0.5) is 0 Å². The van der Waals surface area contributed by atoms with Crippen LogP contribution in [-0.4, -0.2) is 53.1 Å². The lowest BCUT2D eigenvalue weighted by molar-refractivity contribution is -0.134. The van der Waals surface area contributed by atoms with Crippen LogP contribution in [0.15, 0.2) is 16.5 Å². The maximum atomic E-state index is 13.6. The van der Waals surface area contributed by atoms with E-state index in [9.17, 15) is 9.59 Å². The molecule has 1 N–H and O–H groups in total. The summed E-state index contributed by atoms with van der Waals surface area (Å²) in [4.78, 5) is 28.7. The molecule has 30 heavy (non-hydrogen) atoms. The number of hydrogen-bond donors (Lipinski definition) is 1. The number of rotatable bonds is 5. The van der Waals surface area contributed by atoms with Gasteiger partial charge in [-0.05, 0) is 26.7 Å². The molecular weight excluding hydrogens is 382 g/mol. The van der Waals surface area contributed by atoms with Crippen LogP contribution in [0, 0.1) is 6.92 Å². The second kappa shape index (κ2) is 8.46. The Morgan fingerprint density at radius 3 is 2.63 bits per heavy atom. The number of hydrogen-bond acceptors (Lipinski definition) is 4. The van der Waals surface area contributed by atoms with Gasteiger partial charge in [-0.25, -0.2) is 0 Å². The number of furan rings is 1. The van der Waals surface area contributed by atoms with Crippen molar-refractivity contribution in [2.45, 2.75) is 76.9 Å². The van der Waals surface area contributed by atoms with Crippen molar-refractivity contribution in [2.75, 3.05) is 20.3 Å². The van der Waals surface area contributed by atoms with Gasteiger partial charge in [-0.15, -0.1) is 0 Å². The van der Waals surface area contributed by atoms with Gasteiger partial charge in [0, 0.05) is 31.8 Å². The van der Waals surface area contributed by atoms with E-state index < -0.39 is 5.54 Å². The van der Waals surface area contributed by atoms with Crippen molar-refractivity contribution >= 4 is 22.9 Å². The SMILES string of the molecule is COCCN1C(=O)c2cc3oc(C)cc3n2C[C@@]1(C)C(=O)NC1CCCCCCC1. The van der Waals surface area contributed by atoms with Crippen molar-refractivity contribution in [3.63, 3.8) is 0 Å². The van der Waals surface area contributed by atoms with Gasteiger partial charge in [0.1, 0.15) is 17.0 Å². The quantitative estimate of drug-likeness (QED) is 0.809. The standard InChI is InChI=1S/C23H33N3O4/c1-16-13-18-20(30-16)14-19-21(27)26(11-12-29-3)23(2,15-25(18)19)22(28)24-17-9-7-5-4-6-8-10-17/h13-14,17H,4-12,15H2,1-3H3,(H,24,28)/t23-/m0/s1. The third-order valence-electron chi connectivity index (χ3n) is 6.69. The van der Waals surface area contributed by atoms with Crippen LogP contribution in [0.3, 0.4) is 0 Å². The molecule has 0 saturated heterocycles. The van der Waals surface area contributed by atoms with Crippen LogP contribution >= 0.6 is 0 Å². The largest absolute Gasteiger partial charge is 0.460 e. The topological polar surface area (TPSA) is 76.7 Å². The Hall–Kier alpha value is -2.28. The van der Waals surface area contributed by atoms with E-state index in [1.54, 1.807) is 18.1 Å². The van der Waals surface area contributed by atoms with E-state index in [-0.39, 0.29) is 17.9 Å².